The Morgan fingerprint density at radius 1 is 1.35 bits per heavy atom. The summed E-state index contributed by atoms with van der Waals surface area (Å²) < 4.78 is 0. The van der Waals surface area contributed by atoms with Crippen molar-refractivity contribution in [2.45, 2.75) is 37.8 Å². The molecule has 3 nitrogen and oxygen atoms in total. The molecule has 0 aliphatic rings. The van der Waals surface area contributed by atoms with Gasteiger partial charge in [0.25, 0.3) is 0 Å². The van der Waals surface area contributed by atoms with Crippen molar-refractivity contribution in [3.05, 3.63) is 29.8 Å². The molecule has 0 saturated carbocycles. The lowest BCUT2D eigenvalue weighted by Crippen LogP contribution is -2.30. The average Bonchev–Trinajstić information content (AvgIpc) is 2.29. The summed E-state index contributed by atoms with van der Waals surface area (Å²) in [6.07, 6.45) is 0.557. The lowest BCUT2D eigenvalue weighted by atomic mass is 10.2. The first kappa shape index (κ1) is 14.1. The molecular weight excluding hydrogens is 232 g/mol. The van der Waals surface area contributed by atoms with Gasteiger partial charge in [0, 0.05) is 29.7 Å². The minimum atomic E-state index is 0.117. The van der Waals surface area contributed by atoms with E-state index in [1.807, 2.05) is 38.1 Å². The van der Waals surface area contributed by atoms with Crippen LogP contribution < -0.4 is 11.1 Å². The molecular formula is C13H20N2OS. The van der Waals surface area contributed by atoms with Gasteiger partial charge in [-0.3, -0.25) is 4.79 Å². The molecule has 4 heteroatoms. The highest BCUT2D eigenvalue weighted by atomic mass is 32.2. The third kappa shape index (κ3) is 5.75. The SMILES string of the molecule is CC(C)NC(=O)CCSc1ccc(CN)cc1. The molecule has 0 heterocycles. The summed E-state index contributed by atoms with van der Waals surface area (Å²) >= 11 is 1.69. The quantitative estimate of drug-likeness (QED) is 0.763. The van der Waals surface area contributed by atoms with Crippen LogP contribution in [0.1, 0.15) is 25.8 Å². The zero-order valence-electron chi connectivity index (χ0n) is 10.4. The molecule has 1 rings (SSSR count). The number of nitrogens with one attached hydrogen (secondary N) is 1. The van der Waals surface area contributed by atoms with Crippen molar-refractivity contribution in [2.75, 3.05) is 5.75 Å². The fourth-order valence-corrected chi connectivity index (χ4v) is 2.23. The Morgan fingerprint density at radius 2 is 2.00 bits per heavy atom. The molecule has 1 amide bonds. The van der Waals surface area contributed by atoms with E-state index in [9.17, 15) is 4.79 Å². The Bertz CT molecular complexity index is 349. The van der Waals surface area contributed by atoms with Crippen LogP contribution in [0, 0.1) is 0 Å². The molecule has 1 aromatic carbocycles. The summed E-state index contributed by atoms with van der Waals surface area (Å²) in [7, 11) is 0. The van der Waals surface area contributed by atoms with Gasteiger partial charge >= 0.3 is 0 Å². The number of carbonyl (C=O) groups excluding carboxylic acids is 1. The first-order chi connectivity index (χ1) is 8.11. The predicted molar refractivity (Wildman–Crippen MR) is 73.0 cm³/mol. The molecule has 0 aromatic heterocycles. The van der Waals surface area contributed by atoms with Crippen LogP contribution in [0.15, 0.2) is 29.2 Å². The summed E-state index contributed by atoms with van der Waals surface area (Å²) in [6, 6.07) is 8.37. The van der Waals surface area contributed by atoms with Crippen molar-refractivity contribution in [1.82, 2.24) is 5.32 Å². The third-order valence-corrected chi connectivity index (χ3v) is 3.22. The largest absolute Gasteiger partial charge is 0.354 e. The summed E-state index contributed by atoms with van der Waals surface area (Å²) in [6.45, 7) is 4.51. The fraction of sp³-hybridized carbons (Fsp3) is 0.462. The van der Waals surface area contributed by atoms with E-state index >= 15 is 0 Å². The van der Waals surface area contributed by atoms with Gasteiger partial charge in [-0.25, -0.2) is 0 Å². The van der Waals surface area contributed by atoms with E-state index in [1.165, 1.54) is 4.90 Å². The molecule has 3 N–H and O–H groups in total. The number of hydrogen-bond donors (Lipinski definition) is 2. The molecule has 0 spiro atoms. The first-order valence-electron chi connectivity index (χ1n) is 5.83. The van der Waals surface area contributed by atoms with Gasteiger partial charge < -0.3 is 11.1 Å². The number of rotatable bonds is 6. The second kappa shape index (κ2) is 7.35. The van der Waals surface area contributed by atoms with Crippen LogP contribution in [-0.4, -0.2) is 17.7 Å². The number of thioether (sulfide) groups is 1. The Hall–Kier alpha value is -1.00. The Labute approximate surface area is 107 Å². The van der Waals surface area contributed by atoms with Gasteiger partial charge in [0.05, 0.1) is 0 Å². The van der Waals surface area contributed by atoms with Gasteiger partial charge in [-0.15, -0.1) is 11.8 Å². The van der Waals surface area contributed by atoms with Gasteiger partial charge in [-0.1, -0.05) is 12.1 Å². The van der Waals surface area contributed by atoms with Crippen LogP contribution in [0.25, 0.3) is 0 Å². The van der Waals surface area contributed by atoms with E-state index < -0.39 is 0 Å². The highest BCUT2D eigenvalue weighted by molar-refractivity contribution is 7.99. The van der Waals surface area contributed by atoms with Gasteiger partial charge in [0.15, 0.2) is 0 Å². The fourth-order valence-electron chi connectivity index (χ4n) is 1.38. The maximum atomic E-state index is 11.4. The summed E-state index contributed by atoms with van der Waals surface area (Å²) in [5.41, 5.74) is 6.66. The van der Waals surface area contributed by atoms with Crippen LogP contribution in [0.3, 0.4) is 0 Å². The number of hydrogen-bond acceptors (Lipinski definition) is 3. The van der Waals surface area contributed by atoms with Crippen molar-refractivity contribution in [3.8, 4) is 0 Å². The summed E-state index contributed by atoms with van der Waals surface area (Å²) in [4.78, 5) is 12.6. The molecule has 17 heavy (non-hydrogen) atoms. The van der Waals surface area contributed by atoms with Crippen molar-refractivity contribution in [1.29, 1.82) is 0 Å². The number of nitrogens with two attached hydrogens (primary N) is 1. The molecule has 0 bridgehead atoms. The van der Waals surface area contributed by atoms with Crippen LogP contribution >= 0.6 is 11.8 Å². The molecule has 0 aliphatic carbocycles. The lowest BCUT2D eigenvalue weighted by molar-refractivity contribution is -0.121. The molecule has 94 valence electrons. The van der Waals surface area contributed by atoms with Crippen molar-refractivity contribution in [3.63, 3.8) is 0 Å². The van der Waals surface area contributed by atoms with Crippen LogP contribution in [0.5, 0.6) is 0 Å². The van der Waals surface area contributed by atoms with Crippen LogP contribution in [0.2, 0.25) is 0 Å². The third-order valence-electron chi connectivity index (χ3n) is 2.21. The molecule has 0 atom stereocenters. The highest BCUT2D eigenvalue weighted by Crippen LogP contribution is 2.19. The molecule has 0 unspecified atom stereocenters. The van der Waals surface area contributed by atoms with Crippen LogP contribution in [-0.2, 0) is 11.3 Å². The maximum Gasteiger partial charge on any atom is 0.221 e. The van der Waals surface area contributed by atoms with E-state index in [-0.39, 0.29) is 11.9 Å². The van der Waals surface area contributed by atoms with Crippen LogP contribution in [0.4, 0.5) is 0 Å². The number of carbonyl (C=O) groups is 1. The monoisotopic (exact) mass is 252 g/mol. The molecule has 0 fully saturated rings. The minimum absolute atomic E-state index is 0.117. The van der Waals surface area contributed by atoms with E-state index in [4.69, 9.17) is 5.73 Å². The van der Waals surface area contributed by atoms with Crippen molar-refractivity contribution < 1.29 is 4.79 Å². The Morgan fingerprint density at radius 3 is 2.53 bits per heavy atom. The normalized spacial score (nSPS) is 10.6. The van der Waals surface area contributed by atoms with Gasteiger partial charge in [-0.2, -0.15) is 0 Å². The second-order valence-electron chi connectivity index (χ2n) is 4.17. The smallest absolute Gasteiger partial charge is 0.221 e. The Balaban J connectivity index is 2.28. The second-order valence-corrected chi connectivity index (χ2v) is 5.34. The zero-order chi connectivity index (χ0) is 12.7. The molecule has 0 saturated heterocycles. The highest BCUT2D eigenvalue weighted by Gasteiger charge is 2.03. The van der Waals surface area contributed by atoms with Crippen molar-refractivity contribution >= 4 is 17.7 Å². The van der Waals surface area contributed by atoms with Crippen molar-refractivity contribution in [2.24, 2.45) is 5.73 Å². The lowest BCUT2D eigenvalue weighted by Gasteiger charge is -2.08. The Kier molecular flexibility index (Phi) is 6.08. The number of amides is 1. The standard InChI is InChI=1S/C13H20N2OS/c1-10(2)15-13(16)7-8-17-12-5-3-11(9-14)4-6-12/h3-6,10H,7-9,14H2,1-2H3,(H,15,16). The minimum Gasteiger partial charge on any atom is -0.354 e. The molecule has 1 aromatic rings. The first-order valence-corrected chi connectivity index (χ1v) is 6.81. The summed E-state index contributed by atoms with van der Waals surface area (Å²) in [5, 5.41) is 2.88. The maximum absolute atomic E-state index is 11.4. The molecule has 0 aliphatic heterocycles. The van der Waals surface area contributed by atoms with E-state index in [1.54, 1.807) is 11.8 Å². The van der Waals surface area contributed by atoms with E-state index in [0.29, 0.717) is 13.0 Å². The van der Waals surface area contributed by atoms with E-state index in [0.717, 1.165) is 11.3 Å². The molecule has 0 radical (unpaired) electrons. The average molecular weight is 252 g/mol. The van der Waals surface area contributed by atoms with E-state index in [2.05, 4.69) is 5.32 Å². The number of benzene rings is 1. The van der Waals surface area contributed by atoms with Gasteiger partial charge in [0.2, 0.25) is 5.91 Å². The topological polar surface area (TPSA) is 55.1 Å². The zero-order valence-corrected chi connectivity index (χ0v) is 11.2. The summed E-state index contributed by atoms with van der Waals surface area (Å²) in [5.74, 6) is 0.923. The van der Waals surface area contributed by atoms with Gasteiger partial charge in [-0.05, 0) is 31.5 Å². The predicted octanol–water partition coefficient (Wildman–Crippen LogP) is 2.15. The van der Waals surface area contributed by atoms with Gasteiger partial charge in [0.1, 0.15) is 0 Å².